The lowest BCUT2D eigenvalue weighted by molar-refractivity contribution is -0.135. The molecule has 1 fully saturated rings. The molecule has 0 aliphatic carbocycles. The van der Waals surface area contributed by atoms with Gasteiger partial charge in [0.1, 0.15) is 6.10 Å². The van der Waals surface area contributed by atoms with Gasteiger partial charge in [0.25, 0.3) is 0 Å². The molecule has 0 aromatic carbocycles. The maximum Gasteiger partial charge on any atom is 0.249 e. The first-order chi connectivity index (χ1) is 6.84. The van der Waals surface area contributed by atoms with Gasteiger partial charge < -0.3 is 10.1 Å². The van der Waals surface area contributed by atoms with Gasteiger partial charge in [-0.15, -0.1) is 11.8 Å². The molecule has 0 aromatic heterocycles. The van der Waals surface area contributed by atoms with Crippen LogP contribution < -0.4 is 5.32 Å². The second-order valence-electron chi connectivity index (χ2n) is 3.32. The molecule has 1 amide bonds. The topological polar surface area (TPSA) is 38.3 Å². The molecule has 1 atom stereocenters. The van der Waals surface area contributed by atoms with Crippen molar-refractivity contribution in [3.63, 3.8) is 0 Å². The molecule has 1 N–H and O–H groups in total. The molecule has 0 radical (unpaired) electrons. The lowest BCUT2D eigenvalue weighted by atomic mass is 10.1. The first kappa shape index (κ1) is 11.1. The largest absolute Gasteiger partial charge is 0.368 e. The van der Waals surface area contributed by atoms with Crippen molar-refractivity contribution in [2.75, 3.05) is 13.2 Å². The molecule has 3 nitrogen and oxygen atoms in total. The lowest BCUT2D eigenvalue weighted by Gasteiger charge is -2.21. The third-order valence-corrected chi connectivity index (χ3v) is 2.20. The van der Waals surface area contributed by atoms with Gasteiger partial charge in [-0.25, -0.2) is 0 Å². The Morgan fingerprint density at radius 1 is 1.57 bits per heavy atom. The highest BCUT2D eigenvalue weighted by molar-refractivity contribution is 5.80. The first-order valence-electron chi connectivity index (χ1n) is 5.13. The Morgan fingerprint density at radius 2 is 2.43 bits per heavy atom. The zero-order valence-electron chi connectivity index (χ0n) is 8.64. The summed E-state index contributed by atoms with van der Waals surface area (Å²) in [6, 6.07) is 0. The van der Waals surface area contributed by atoms with E-state index in [-0.39, 0.29) is 12.0 Å². The Balaban J connectivity index is 2.15. The quantitative estimate of drug-likeness (QED) is 0.540. The highest BCUT2D eigenvalue weighted by Crippen LogP contribution is 2.12. The van der Waals surface area contributed by atoms with Gasteiger partial charge in [-0.2, -0.15) is 0 Å². The molecule has 78 valence electrons. The number of carbonyl (C=O) groups excluding carboxylic acids is 1. The standard InChI is InChI=1S/C11H17NO2/c1-2-3-5-8-12-11(13)10-7-4-6-9-14-10/h10H,4-9H2,1H3,(H,12,13). The highest BCUT2D eigenvalue weighted by Gasteiger charge is 2.20. The van der Waals surface area contributed by atoms with Crippen molar-refractivity contribution in [2.45, 2.75) is 38.7 Å². The van der Waals surface area contributed by atoms with Crippen LogP contribution in [0.15, 0.2) is 0 Å². The Morgan fingerprint density at radius 3 is 3.07 bits per heavy atom. The fourth-order valence-corrected chi connectivity index (χ4v) is 1.43. The Bertz CT molecular complexity index is 233. The molecule has 0 bridgehead atoms. The summed E-state index contributed by atoms with van der Waals surface area (Å²) in [5, 5.41) is 2.82. The van der Waals surface area contributed by atoms with Crippen molar-refractivity contribution in [3.05, 3.63) is 0 Å². The van der Waals surface area contributed by atoms with Gasteiger partial charge in [0, 0.05) is 19.6 Å². The summed E-state index contributed by atoms with van der Waals surface area (Å²) in [4.78, 5) is 11.5. The van der Waals surface area contributed by atoms with Gasteiger partial charge in [-0.05, 0) is 26.2 Å². The van der Waals surface area contributed by atoms with Crippen molar-refractivity contribution >= 4 is 5.91 Å². The van der Waals surface area contributed by atoms with Crippen LogP contribution >= 0.6 is 0 Å². The van der Waals surface area contributed by atoms with Crippen LogP contribution in [0.25, 0.3) is 0 Å². The zero-order valence-corrected chi connectivity index (χ0v) is 8.64. The summed E-state index contributed by atoms with van der Waals surface area (Å²) < 4.78 is 5.35. The minimum Gasteiger partial charge on any atom is -0.368 e. The molecule has 0 aromatic rings. The van der Waals surface area contributed by atoms with E-state index < -0.39 is 0 Å². The minimum atomic E-state index is -0.224. The summed E-state index contributed by atoms with van der Waals surface area (Å²) in [7, 11) is 0. The van der Waals surface area contributed by atoms with E-state index in [2.05, 4.69) is 17.2 Å². The Hall–Kier alpha value is -1.01. The van der Waals surface area contributed by atoms with Gasteiger partial charge >= 0.3 is 0 Å². The molecular weight excluding hydrogens is 178 g/mol. The summed E-state index contributed by atoms with van der Waals surface area (Å²) in [5.74, 6) is 5.71. The predicted octanol–water partition coefficient (Wildman–Crippen LogP) is 1.09. The average molecular weight is 195 g/mol. The number of amides is 1. The number of hydrogen-bond donors (Lipinski definition) is 1. The maximum absolute atomic E-state index is 11.5. The number of ether oxygens (including phenoxy) is 1. The van der Waals surface area contributed by atoms with Crippen LogP contribution in [-0.4, -0.2) is 25.2 Å². The monoisotopic (exact) mass is 195 g/mol. The van der Waals surface area contributed by atoms with Crippen LogP contribution in [0.1, 0.15) is 32.6 Å². The van der Waals surface area contributed by atoms with Crippen molar-refractivity contribution in [1.82, 2.24) is 5.32 Å². The van der Waals surface area contributed by atoms with E-state index in [0.717, 1.165) is 25.7 Å². The van der Waals surface area contributed by atoms with E-state index in [1.54, 1.807) is 6.92 Å². The van der Waals surface area contributed by atoms with E-state index in [4.69, 9.17) is 4.74 Å². The van der Waals surface area contributed by atoms with Gasteiger partial charge in [-0.3, -0.25) is 4.79 Å². The SMILES string of the molecule is CC#CCCNC(=O)C1CCCCO1. The van der Waals surface area contributed by atoms with Crippen molar-refractivity contribution in [2.24, 2.45) is 0 Å². The maximum atomic E-state index is 11.5. The molecule has 0 saturated carbocycles. The molecule has 0 spiro atoms. The number of rotatable bonds is 3. The van der Waals surface area contributed by atoms with Crippen molar-refractivity contribution in [1.29, 1.82) is 0 Å². The van der Waals surface area contributed by atoms with Crippen LogP contribution in [0.4, 0.5) is 0 Å². The molecular formula is C11H17NO2. The fourth-order valence-electron chi connectivity index (χ4n) is 1.43. The van der Waals surface area contributed by atoms with Gasteiger partial charge in [0.05, 0.1) is 0 Å². The van der Waals surface area contributed by atoms with E-state index >= 15 is 0 Å². The normalized spacial score (nSPS) is 20.8. The Labute approximate surface area is 85.2 Å². The second kappa shape index (κ2) is 6.44. The summed E-state index contributed by atoms with van der Waals surface area (Å²) in [6.45, 7) is 3.14. The summed E-state index contributed by atoms with van der Waals surface area (Å²) in [5.41, 5.74) is 0. The zero-order chi connectivity index (χ0) is 10.2. The van der Waals surface area contributed by atoms with Crippen LogP contribution in [0, 0.1) is 11.8 Å². The molecule has 3 heteroatoms. The van der Waals surface area contributed by atoms with Gasteiger partial charge in [0.15, 0.2) is 0 Å². The van der Waals surface area contributed by atoms with Gasteiger partial charge in [0.2, 0.25) is 5.91 Å². The minimum absolute atomic E-state index is 0.0163. The second-order valence-corrected chi connectivity index (χ2v) is 3.32. The smallest absolute Gasteiger partial charge is 0.249 e. The van der Waals surface area contributed by atoms with Crippen LogP contribution in [0.2, 0.25) is 0 Å². The van der Waals surface area contributed by atoms with E-state index in [0.29, 0.717) is 13.2 Å². The third-order valence-electron chi connectivity index (χ3n) is 2.20. The van der Waals surface area contributed by atoms with Crippen molar-refractivity contribution < 1.29 is 9.53 Å². The van der Waals surface area contributed by atoms with Crippen LogP contribution in [-0.2, 0) is 9.53 Å². The van der Waals surface area contributed by atoms with Crippen LogP contribution in [0.3, 0.4) is 0 Å². The molecule has 14 heavy (non-hydrogen) atoms. The summed E-state index contributed by atoms with van der Waals surface area (Å²) >= 11 is 0. The molecule has 1 aliphatic rings. The number of carbonyl (C=O) groups is 1. The molecule has 1 unspecified atom stereocenters. The van der Waals surface area contributed by atoms with E-state index in [1.807, 2.05) is 0 Å². The number of hydrogen-bond acceptors (Lipinski definition) is 2. The average Bonchev–Trinajstić information content (AvgIpc) is 2.25. The Kier molecular flexibility index (Phi) is 5.09. The van der Waals surface area contributed by atoms with E-state index in [1.165, 1.54) is 0 Å². The van der Waals surface area contributed by atoms with Crippen molar-refractivity contribution in [3.8, 4) is 11.8 Å². The first-order valence-corrected chi connectivity index (χ1v) is 5.13. The third kappa shape index (κ3) is 3.80. The molecule has 1 rings (SSSR count). The number of nitrogens with one attached hydrogen (secondary N) is 1. The van der Waals surface area contributed by atoms with Gasteiger partial charge in [-0.1, -0.05) is 0 Å². The predicted molar refractivity (Wildman–Crippen MR) is 54.7 cm³/mol. The fraction of sp³-hybridized carbons (Fsp3) is 0.727. The molecule has 1 saturated heterocycles. The van der Waals surface area contributed by atoms with Crippen LogP contribution in [0.5, 0.6) is 0 Å². The lowest BCUT2D eigenvalue weighted by Crippen LogP contribution is -2.38. The van der Waals surface area contributed by atoms with E-state index in [9.17, 15) is 4.79 Å². The molecule has 1 aliphatic heterocycles. The highest BCUT2D eigenvalue weighted by atomic mass is 16.5. The molecule has 1 heterocycles. The summed E-state index contributed by atoms with van der Waals surface area (Å²) in [6.07, 6.45) is 3.51.